The molecule has 7 nitrogen and oxygen atoms in total. The molecule has 0 amide bonds. The van der Waals surface area contributed by atoms with E-state index in [0.717, 1.165) is 69.2 Å². The van der Waals surface area contributed by atoms with Crippen LogP contribution in [0.4, 0.5) is 5.95 Å². The first kappa shape index (κ1) is 14.3. The average Bonchev–Trinajstić information content (AvgIpc) is 2.98. The van der Waals surface area contributed by atoms with Crippen LogP contribution < -0.4 is 5.73 Å². The molecule has 21 heavy (non-hydrogen) atoms. The Bertz CT molecular complexity index is 611. The SMILES string of the molecule is CCn1nc(C)c2nc(N)n(CCCN3CCOCC3)c21. The van der Waals surface area contributed by atoms with Crippen LogP contribution in [0.3, 0.4) is 0 Å². The van der Waals surface area contributed by atoms with Gasteiger partial charge in [0, 0.05) is 32.7 Å². The molecule has 0 atom stereocenters. The lowest BCUT2D eigenvalue weighted by molar-refractivity contribution is 0.0370. The van der Waals surface area contributed by atoms with Gasteiger partial charge in [-0.3, -0.25) is 9.47 Å². The number of nitrogens with two attached hydrogens (primary N) is 1. The molecule has 0 bridgehead atoms. The molecule has 3 heterocycles. The number of aryl methyl sites for hydroxylation is 3. The lowest BCUT2D eigenvalue weighted by atomic mass is 10.3. The van der Waals surface area contributed by atoms with Gasteiger partial charge in [-0.1, -0.05) is 0 Å². The van der Waals surface area contributed by atoms with Gasteiger partial charge in [-0.2, -0.15) is 5.10 Å². The highest BCUT2D eigenvalue weighted by Crippen LogP contribution is 2.21. The predicted molar refractivity (Wildman–Crippen MR) is 82.2 cm³/mol. The van der Waals surface area contributed by atoms with Crippen molar-refractivity contribution in [2.75, 3.05) is 38.6 Å². The summed E-state index contributed by atoms with van der Waals surface area (Å²) >= 11 is 0. The first-order valence-corrected chi connectivity index (χ1v) is 7.70. The Labute approximate surface area is 124 Å². The van der Waals surface area contributed by atoms with E-state index in [9.17, 15) is 0 Å². The zero-order valence-corrected chi connectivity index (χ0v) is 12.9. The number of rotatable bonds is 5. The number of hydrogen-bond acceptors (Lipinski definition) is 5. The zero-order valence-electron chi connectivity index (χ0n) is 12.9. The molecule has 1 saturated heterocycles. The van der Waals surface area contributed by atoms with Crippen molar-refractivity contribution in [3.63, 3.8) is 0 Å². The highest BCUT2D eigenvalue weighted by molar-refractivity contribution is 5.77. The summed E-state index contributed by atoms with van der Waals surface area (Å²) in [5.41, 5.74) is 9.02. The van der Waals surface area contributed by atoms with Crippen LogP contribution in [0.25, 0.3) is 11.2 Å². The fourth-order valence-corrected chi connectivity index (χ4v) is 2.96. The van der Waals surface area contributed by atoms with E-state index in [4.69, 9.17) is 10.5 Å². The lowest BCUT2D eigenvalue weighted by Gasteiger charge is -2.26. The van der Waals surface area contributed by atoms with Crippen molar-refractivity contribution < 1.29 is 4.74 Å². The fraction of sp³-hybridized carbons (Fsp3) is 0.714. The molecule has 7 heteroatoms. The molecule has 0 aliphatic carbocycles. The molecule has 1 aliphatic heterocycles. The number of nitrogens with zero attached hydrogens (tertiary/aromatic N) is 5. The Morgan fingerprint density at radius 1 is 1.24 bits per heavy atom. The highest BCUT2D eigenvalue weighted by atomic mass is 16.5. The lowest BCUT2D eigenvalue weighted by Crippen LogP contribution is -2.37. The monoisotopic (exact) mass is 292 g/mol. The van der Waals surface area contributed by atoms with E-state index in [-0.39, 0.29) is 0 Å². The fourth-order valence-electron chi connectivity index (χ4n) is 2.96. The van der Waals surface area contributed by atoms with Crippen LogP contribution in [0, 0.1) is 6.92 Å². The summed E-state index contributed by atoms with van der Waals surface area (Å²) in [7, 11) is 0. The first-order chi connectivity index (χ1) is 10.2. The number of aromatic nitrogens is 4. The molecule has 0 unspecified atom stereocenters. The van der Waals surface area contributed by atoms with Crippen molar-refractivity contribution in [3.05, 3.63) is 5.69 Å². The smallest absolute Gasteiger partial charge is 0.202 e. The second-order valence-corrected chi connectivity index (χ2v) is 5.50. The minimum absolute atomic E-state index is 0.592. The topological polar surface area (TPSA) is 74.1 Å². The van der Waals surface area contributed by atoms with Gasteiger partial charge in [0.2, 0.25) is 5.95 Å². The van der Waals surface area contributed by atoms with Gasteiger partial charge in [0.05, 0.1) is 18.9 Å². The Morgan fingerprint density at radius 2 is 2.00 bits per heavy atom. The maximum atomic E-state index is 6.09. The van der Waals surface area contributed by atoms with Gasteiger partial charge in [-0.15, -0.1) is 0 Å². The van der Waals surface area contributed by atoms with Crippen molar-refractivity contribution >= 4 is 17.1 Å². The van der Waals surface area contributed by atoms with Crippen molar-refractivity contribution in [2.24, 2.45) is 0 Å². The Morgan fingerprint density at radius 3 is 2.71 bits per heavy atom. The summed E-state index contributed by atoms with van der Waals surface area (Å²) in [6, 6.07) is 0. The number of imidazole rings is 1. The summed E-state index contributed by atoms with van der Waals surface area (Å²) in [6.45, 7) is 10.6. The number of hydrogen-bond donors (Lipinski definition) is 1. The summed E-state index contributed by atoms with van der Waals surface area (Å²) in [5, 5.41) is 4.52. The van der Waals surface area contributed by atoms with Gasteiger partial charge in [-0.05, 0) is 20.3 Å². The number of ether oxygens (including phenoxy) is 1. The largest absolute Gasteiger partial charge is 0.379 e. The van der Waals surface area contributed by atoms with Gasteiger partial charge in [0.25, 0.3) is 0 Å². The van der Waals surface area contributed by atoms with Crippen LogP contribution in [-0.2, 0) is 17.8 Å². The Balaban J connectivity index is 1.72. The van der Waals surface area contributed by atoms with Gasteiger partial charge in [0.15, 0.2) is 5.65 Å². The molecule has 0 saturated carbocycles. The predicted octanol–water partition coefficient (Wildman–Crippen LogP) is 0.866. The molecule has 0 spiro atoms. The highest BCUT2D eigenvalue weighted by Gasteiger charge is 2.17. The van der Waals surface area contributed by atoms with Crippen LogP contribution in [0.15, 0.2) is 0 Å². The van der Waals surface area contributed by atoms with E-state index in [1.54, 1.807) is 0 Å². The summed E-state index contributed by atoms with van der Waals surface area (Å²) < 4.78 is 9.46. The molecule has 116 valence electrons. The maximum absolute atomic E-state index is 6.09. The maximum Gasteiger partial charge on any atom is 0.202 e. The van der Waals surface area contributed by atoms with Crippen molar-refractivity contribution in [1.82, 2.24) is 24.2 Å². The van der Waals surface area contributed by atoms with Crippen LogP contribution in [0.2, 0.25) is 0 Å². The normalized spacial score (nSPS) is 16.9. The molecule has 0 radical (unpaired) electrons. The molecule has 3 rings (SSSR count). The molecule has 2 aromatic rings. The number of anilines is 1. The molecular formula is C14H24N6O. The van der Waals surface area contributed by atoms with E-state index in [1.165, 1.54) is 0 Å². The van der Waals surface area contributed by atoms with Crippen LogP contribution in [0.1, 0.15) is 19.0 Å². The molecule has 1 fully saturated rings. The van der Waals surface area contributed by atoms with Crippen molar-refractivity contribution in [2.45, 2.75) is 33.4 Å². The van der Waals surface area contributed by atoms with Gasteiger partial charge >= 0.3 is 0 Å². The average molecular weight is 292 g/mol. The summed E-state index contributed by atoms with van der Waals surface area (Å²) in [4.78, 5) is 6.91. The molecule has 0 aromatic carbocycles. The second-order valence-electron chi connectivity index (χ2n) is 5.50. The van der Waals surface area contributed by atoms with E-state index in [1.807, 2.05) is 11.6 Å². The van der Waals surface area contributed by atoms with Gasteiger partial charge < -0.3 is 10.5 Å². The second kappa shape index (κ2) is 6.03. The minimum atomic E-state index is 0.592. The Kier molecular flexibility index (Phi) is 4.12. The van der Waals surface area contributed by atoms with Crippen molar-refractivity contribution in [3.8, 4) is 0 Å². The third kappa shape index (κ3) is 2.75. The third-order valence-electron chi connectivity index (χ3n) is 4.09. The molecule has 1 aliphatic rings. The third-order valence-corrected chi connectivity index (χ3v) is 4.09. The minimum Gasteiger partial charge on any atom is -0.379 e. The van der Waals surface area contributed by atoms with E-state index < -0.39 is 0 Å². The van der Waals surface area contributed by atoms with Gasteiger partial charge in [0.1, 0.15) is 5.52 Å². The molecule has 2 aromatic heterocycles. The zero-order chi connectivity index (χ0) is 14.8. The van der Waals surface area contributed by atoms with Crippen LogP contribution >= 0.6 is 0 Å². The van der Waals surface area contributed by atoms with Crippen LogP contribution in [0.5, 0.6) is 0 Å². The molecular weight excluding hydrogens is 268 g/mol. The quantitative estimate of drug-likeness (QED) is 0.885. The number of nitrogen functional groups attached to an aromatic ring is 1. The Hall–Kier alpha value is -1.60. The first-order valence-electron chi connectivity index (χ1n) is 7.70. The standard InChI is InChI=1S/C14H24N6O/c1-3-20-13-12(11(2)17-20)16-14(15)19(13)6-4-5-18-7-9-21-10-8-18/h3-10H2,1-2H3,(H2,15,16). The number of morpholine rings is 1. The van der Waals surface area contributed by atoms with Crippen LogP contribution in [-0.4, -0.2) is 57.1 Å². The van der Waals surface area contributed by atoms with E-state index in [2.05, 4.69) is 26.5 Å². The number of fused-ring (bicyclic) bond motifs is 1. The van der Waals surface area contributed by atoms with E-state index in [0.29, 0.717) is 5.95 Å². The molecule has 2 N–H and O–H groups in total. The summed E-state index contributed by atoms with van der Waals surface area (Å²) in [6.07, 6.45) is 1.06. The van der Waals surface area contributed by atoms with E-state index >= 15 is 0 Å². The van der Waals surface area contributed by atoms with Crippen molar-refractivity contribution in [1.29, 1.82) is 0 Å². The summed E-state index contributed by atoms with van der Waals surface area (Å²) in [5.74, 6) is 0.592. The van der Waals surface area contributed by atoms with Gasteiger partial charge in [-0.25, -0.2) is 9.67 Å².